The van der Waals surface area contributed by atoms with Crippen LogP contribution in [-0.4, -0.2) is 48.7 Å². The summed E-state index contributed by atoms with van der Waals surface area (Å²) in [4.78, 5) is 14.5. The van der Waals surface area contributed by atoms with E-state index in [4.69, 9.17) is 4.74 Å². The third-order valence-corrected chi connectivity index (χ3v) is 3.96. The van der Waals surface area contributed by atoms with E-state index in [1.165, 1.54) is 12.8 Å². The molecule has 0 heterocycles. The van der Waals surface area contributed by atoms with Crippen molar-refractivity contribution in [1.29, 1.82) is 0 Å². The lowest BCUT2D eigenvalue weighted by atomic mass is 9.99. The molecule has 1 atom stereocenters. The van der Waals surface area contributed by atoms with Crippen molar-refractivity contribution in [3.63, 3.8) is 0 Å². The summed E-state index contributed by atoms with van der Waals surface area (Å²) < 4.78 is 5.26. The molecule has 19 heavy (non-hydrogen) atoms. The van der Waals surface area contributed by atoms with Crippen molar-refractivity contribution in [3.8, 4) is 0 Å². The monoisotopic (exact) mass is 270 g/mol. The quantitative estimate of drug-likeness (QED) is 0.652. The highest BCUT2D eigenvalue weighted by atomic mass is 16.5. The number of nitrogens with one attached hydrogen (secondary N) is 1. The number of carbonyl (C=O) groups is 1. The zero-order chi connectivity index (χ0) is 14.5. The molecule has 112 valence electrons. The molecule has 4 nitrogen and oxygen atoms in total. The van der Waals surface area contributed by atoms with E-state index < -0.39 is 5.54 Å². The average Bonchev–Trinajstić information content (AvgIpc) is 3.14. The molecule has 0 spiro atoms. The molecule has 0 aliphatic heterocycles. The summed E-state index contributed by atoms with van der Waals surface area (Å²) >= 11 is 0. The second-order valence-electron chi connectivity index (χ2n) is 5.86. The second kappa shape index (κ2) is 7.25. The van der Waals surface area contributed by atoms with Gasteiger partial charge in [0.15, 0.2) is 0 Å². The van der Waals surface area contributed by atoms with Crippen LogP contribution in [0.25, 0.3) is 0 Å². The number of hydrogen-bond donors (Lipinski definition) is 1. The predicted molar refractivity (Wildman–Crippen MR) is 78.2 cm³/mol. The fourth-order valence-corrected chi connectivity index (χ4v) is 2.68. The van der Waals surface area contributed by atoms with Crippen LogP contribution in [0.2, 0.25) is 0 Å². The number of hydrogen-bond acceptors (Lipinski definition) is 4. The first-order valence-electron chi connectivity index (χ1n) is 7.62. The van der Waals surface area contributed by atoms with Gasteiger partial charge in [0.25, 0.3) is 0 Å². The van der Waals surface area contributed by atoms with Gasteiger partial charge in [-0.15, -0.1) is 0 Å². The molecule has 1 unspecified atom stereocenters. The van der Waals surface area contributed by atoms with Crippen LogP contribution in [0.5, 0.6) is 0 Å². The first-order chi connectivity index (χ1) is 8.96. The minimum atomic E-state index is -0.589. The molecule has 0 amide bonds. The normalized spacial score (nSPS) is 18.7. The minimum absolute atomic E-state index is 0.125. The van der Waals surface area contributed by atoms with Crippen LogP contribution < -0.4 is 5.32 Å². The van der Waals surface area contributed by atoms with Gasteiger partial charge < -0.3 is 9.64 Å². The maximum Gasteiger partial charge on any atom is 0.327 e. The van der Waals surface area contributed by atoms with E-state index in [0.717, 1.165) is 12.8 Å². The third kappa shape index (κ3) is 4.77. The standard InChI is InChI=1S/C15H30N2O2/c1-6-13(7-2)17(5)11-15(4,14(18)19-8-3)16-12-9-10-12/h12-13,16H,6-11H2,1-5H3. The number of esters is 1. The number of carbonyl (C=O) groups excluding carboxylic acids is 1. The predicted octanol–water partition coefficient (Wildman–Crippen LogP) is 2.18. The number of likely N-dealkylation sites (N-methyl/N-ethyl adjacent to an activating group) is 1. The first-order valence-corrected chi connectivity index (χ1v) is 7.62. The van der Waals surface area contributed by atoms with Gasteiger partial charge in [-0.05, 0) is 46.6 Å². The van der Waals surface area contributed by atoms with Gasteiger partial charge in [0, 0.05) is 18.6 Å². The molecular weight excluding hydrogens is 240 g/mol. The Balaban J connectivity index is 2.69. The van der Waals surface area contributed by atoms with Crippen molar-refractivity contribution in [2.75, 3.05) is 20.2 Å². The highest BCUT2D eigenvalue weighted by molar-refractivity contribution is 5.80. The molecule has 0 aromatic rings. The van der Waals surface area contributed by atoms with Gasteiger partial charge in [0.1, 0.15) is 5.54 Å². The van der Waals surface area contributed by atoms with Crippen LogP contribution in [0.3, 0.4) is 0 Å². The highest BCUT2D eigenvalue weighted by Crippen LogP contribution is 2.24. The highest BCUT2D eigenvalue weighted by Gasteiger charge is 2.41. The molecule has 1 rings (SSSR count). The zero-order valence-corrected chi connectivity index (χ0v) is 13.2. The topological polar surface area (TPSA) is 41.6 Å². The molecule has 1 N–H and O–H groups in total. The van der Waals surface area contributed by atoms with E-state index in [9.17, 15) is 4.79 Å². The molecule has 0 radical (unpaired) electrons. The summed E-state index contributed by atoms with van der Waals surface area (Å²) in [5.74, 6) is -0.125. The molecule has 1 fully saturated rings. The number of rotatable bonds is 9. The van der Waals surface area contributed by atoms with Gasteiger partial charge in [0.2, 0.25) is 0 Å². The summed E-state index contributed by atoms with van der Waals surface area (Å²) in [6.07, 6.45) is 4.55. The van der Waals surface area contributed by atoms with E-state index in [1.54, 1.807) is 0 Å². The maximum atomic E-state index is 12.3. The lowest BCUT2D eigenvalue weighted by molar-refractivity contribution is -0.151. The third-order valence-electron chi connectivity index (χ3n) is 3.96. The Morgan fingerprint density at radius 2 is 1.95 bits per heavy atom. The van der Waals surface area contributed by atoms with Gasteiger partial charge in [0.05, 0.1) is 6.61 Å². The van der Waals surface area contributed by atoms with Crippen LogP contribution in [0, 0.1) is 0 Å². The Hall–Kier alpha value is -0.610. The fourth-order valence-electron chi connectivity index (χ4n) is 2.68. The second-order valence-corrected chi connectivity index (χ2v) is 5.86. The Kier molecular flexibility index (Phi) is 6.27. The molecule has 1 aliphatic carbocycles. The van der Waals surface area contributed by atoms with Crippen molar-refractivity contribution >= 4 is 5.97 Å². The minimum Gasteiger partial charge on any atom is -0.465 e. The van der Waals surface area contributed by atoms with Gasteiger partial charge in [-0.2, -0.15) is 0 Å². The van der Waals surface area contributed by atoms with Crippen molar-refractivity contribution in [2.24, 2.45) is 0 Å². The molecule has 1 aliphatic rings. The van der Waals surface area contributed by atoms with E-state index in [-0.39, 0.29) is 5.97 Å². The fraction of sp³-hybridized carbons (Fsp3) is 0.933. The van der Waals surface area contributed by atoms with Gasteiger partial charge in [-0.1, -0.05) is 13.8 Å². The van der Waals surface area contributed by atoms with Crippen molar-refractivity contribution in [3.05, 3.63) is 0 Å². The molecule has 1 saturated carbocycles. The van der Waals surface area contributed by atoms with Gasteiger partial charge >= 0.3 is 5.97 Å². The Labute approximate surface area is 117 Å². The summed E-state index contributed by atoms with van der Waals surface area (Å²) in [6, 6.07) is 1.01. The van der Waals surface area contributed by atoms with Crippen LogP contribution in [0.15, 0.2) is 0 Å². The molecule has 4 heteroatoms. The van der Waals surface area contributed by atoms with Gasteiger partial charge in [-0.3, -0.25) is 10.1 Å². The number of nitrogens with zero attached hydrogens (tertiary/aromatic N) is 1. The summed E-state index contributed by atoms with van der Waals surface area (Å²) in [5.41, 5.74) is -0.589. The molecular formula is C15H30N2O2. The van der Waals surface area contributed by atoms with Crippen LogP contribution in [0.1, 0.15) is 53.4 Å². The van der Waals surface area contributed by atoms with Crippen LogP contribution >= 0.6 is 0 Å². The van der Waals surface area contributed by atoms with Crippen molar-refractivity contribution < 1.29 is 9.53 Å². The molecule has 0 bridgehead atoms. The summed E-state index contributed by atoms with van der Waals surface area (Å²) in [6.45, 7) is 9.37. The van der Waals surface area contributed by atoms with Crippen LogP contribution in [-0.2, 0) is 9.53 Å². The van der Waals surface area contributed by atoms with E-state index in [1.807, 2.05) is 13.8 Å². The number of ether oxygens (including phenoxy) is 1. The largest absolute Gasteiger partial charge is 0.465 e. The Morgan fingerprint density at radius 3 is 2.37 bits per heavy atom. The van der Waals surface area contributed by atoms with Crippen molar-refractivity contribution in [1.82, 2.24) is 10.2 Å². The Morgan fingerprint density at radius 1 is 1.37 bits per heavy atom. The van der Waals surface area contributed by atoms with Crippen molar-refractivity contribution in [2.45, 2.75) is 71.0 Å². The van der Waals surface area contributed by atoms with E-state index >= 15 is 0 Å². The van der Waals surface area contributed by atoms with Gasteiger partial charge in [-0.25, -0.2) is 0 Å². The lowest BCUT2D eigenvalue weighted by Gasteiger charge is -2.36. The average molecular weight is 270 g/mol. The smallest absolute Gasteiger partial charge is 0.327 e. The zero-order valence-electron chi connectivity index (χ0n) is 13.2. The first kappa shape index (κ1) is 16.4. The van der Waals surface area contributed by atoms with E-state index in [0.29, 0.717) is 25.2 Å². The van der Waals surface area contributed by atoms with Crippen LogP contribution in [0.4, 0.5) is 0 Å². The molecule has 0 saturated heterocycles. The molecule has 0 aromatic carbocycles. The SMILES string of the molecule is CCOC(=O)C(C)(CN(C)C(CC)CC)NC1CC1. The summed E-state index contributed by atoms with van der Waals surface area (Å²) in [5, 5.41) is 3.47. The lowest BCUT2D eigenvalue weighted by Crippen LogP contribution is -2.59. The van der Waals surface area contributed by atoms with E-state index in [2.05, 4.69) is 31.1 Å². The Bertz CT molecular complexity index is 288. The molecule has 0 aromatic heterocycles. The summed E-state index contributed by atoms with van der Waals surface area (Å²) in [7, 11) is 2.10. The maximum absolute atomic E-state index is 12.3.